The second kappa shape index (κ2) is 6.14. The zero-order chi connectivity index (χ0) is 12.9. The number of methoxy groups -OCH3 is 1. The Balaban J connectivity index is 2.85. The molecule has 0 aliphatic carbocycles. The van der Waals surface area contributed by atoms with E-state index >= 15 is 0 Å². The zero-order valence-electron chi connectivity index (χ0n) is 10.1. The van der Waals surface area contributed by atoms with Crippen LogP contribution in [0.1, 0.15) is 24.0 Å². The highest BCUT2D eigenvalue weighted by Gasteiger charge is 2.14. The molecule has 1 rings (SSSR count). The van der Waals surface area contributed by atoms with Crippen LogP contribution in [0.5, 0.6) is 0 Å². The van der Waals surface area contributed by atoms with Gasteiger partial charge in [-0.15, -0.1) is 0 Å². The second-order valence-electron chi connectivity index (χ2n) is 4.04. The van der Waals surface area contributed by atoms with Crippen molar-refractivity contribution in [1.29, 1.82) is 0 Å². The standard InChI is InChI=1S/C12H18O4S/c1-10-6-7-12(17(13,14)15)11(9-10)5-3-4-8-16-2/h6-7,9H,3-5,8H2,1-2H3,(H,13,14,15). The highest BCUT2D eigenvalue weighted by molar-refractivity contribution is 7.85. The Morgan fingerprint density at radius 3 is 2.59 bits per heavy atom. The molecule has 0 saturated carbocycles. The molecule has 0 unspecified atom stereocenters. The van der Waals surface area contributed by atoms with E-state index in [4.69, 9.17) is 9.29 Å². The molecular formula is C12H18O4S. The van der Waals surface area contributed by atoms with E-state index in [9.17, 15) is 8.42 Å². The maximum absolute atomic E-state index is 11.2. The van der Waals surface area contributed by atoms with Gasteiger partial charge in [0, 0.05) is 13.7 Å². The number of aryl methyl sites for hydroxylation is 2. The predicted octanol–water partition coefficient (Wildman–Crippen LogP) is 2.21. The van der Waals surface area contributed by atoms with Gasteiger partial charge in [0.2, 0.25) is 0 Å². The summed E-state index contributed by atoms with van der Waals surface area (Å²) in [4.78, 5) is 0.0144. The van der Waals surface area contributed by atoms with Gasteiger partial charge in [-0.05, 0) is 37.8 Å². The average Bonchev–Trinajstić information content (AvgIpc) is 2.23. The van der Waals surface area contributed by atoms with Crippen molar-refractivity contribution in [2.75, 3.05) is 13.7 Å². The lowest BCUT2D eigenvalue weighted by molar-refractivity contribution is 0.193. The molecule has 1 aromatic carbocycles. The Kier molecular flexibility index (Phi) is 5.11. The summed E-state index contributed by atoms with van der Waals surface area (Å²) in [6, 6.07) is 4.94. The quantitative estimate of drug-likeness (QED) is 0.627. The molecule has 0 aromatic heterocycles. The summed E-state index contributed by atoms with van der Waals surface area (Å²) in [6.45, 7) is 2.56. The van der Waals surface area contributed by atoms with E-state index in [-0.39, 0.29) is 4.90 Å². The molecule has 0 aliphatic rings. The van der Waals surface area contributed by atoms with Gasteiger partial charge in [-0.2, -0.15) is 8.42 Å². The minimum Gasteiger partial charge on any atom is -0.385 e. The molecule has 1 N–H and O–H groups in total. The first-order valence-electron chi connectivity index (χ1n) is 5.51. The fraction of sp³-hybridized carbons (Fsp3) is 0.500. The van der Waals surface area contributed by atoms with Crippen LogP contribution < -0.4 is 0 Å². The summed E-state index contributed by atoms with van der Waals surface area (Å²) in [6.07, 6.45) is 2.33. The number of benzene rings is 1. The maximum Gasteiger partial charge on any atom is 0.294 e. The van der Waals surface area contributed by atoms with Crippen LogP contribution in [0.15, 0.2) is 23.1 Å². The van der Waals surface area contributed by atoms with Gasteiger partial charge < -0.3 is 4.74 Å². The zero-order valence-corrected chi connectivity index (χ0v) is 11.0. The van der Waals surface area contributed by atoms with Crippen molar-refractivity contribution in [3.63, 3.8) is 0 Å². The molecule has 5 heteroatoms. The monoisotopic (exact) mass is 258 g/mol. The van der Waals surface area contributed by atoms with Crippen molar-refractivity contribution < 1.29 is 17.7 Å². The van der Waals surface area contributed by atoms with Gasteiger partial charge in [0.15, 0.2) is 0 Å². The first-order chi connectivity index (χ1) is 7.95. The summed E-state index contributed by atoms with van der Waals surface area (Å²) in [7, 11) is -2.49. The van der Waals surface area contributed by atoms with Gasteiger partial charge >= 0.3 is 0 Å². The first kappa shape index (κ1) is 14.2. The Morgan fingerprint density at radius 2 is 2.00 bits per heavy atom. The summed E-state index contributed by atoms with van der Waals surface area (Å²) < 4.78 is 36.4. The SMILES string of the molecule is COCCCCc1cc(C)ccc1S(=O)(=O)O. The Hall–Kier alpha value is -0.910. The van der Waals surface area contributed by atoms with Crippen LogP contribution in [-0.2, 0) is 21.3 Å². The van der Waals surface area contributed by atoms with E-state index in [1.54, 1.807) is 19.2 Å². The Labute approximate surface area is 102 Å². The third-order valence-electron chi connectivity index (χ3n) is 2.54. The number of rotatable bonds is 6. The molecule has 0 atom stereocenters. The largest absolute Gasteiger partial charge is 0.385 e. The minimum atomic E-state index is -4.12. The normalized spacial score (nSPS) is 11.7. The van der Waals surface area contributed by atoms with Crippen molar-refractivity contribution in [3.05, 3.63) is 29.3 Å². The molecule has 4 nitrogen and oxygen atoms in total. The maximum atomic E-state index is 11.2. The van der Waals surface area contributed by atoms with Crippen LogP contribution in [0.4, 0.5) is 0 Å². The average molecular weight is 258 g/mol. The van der Waals surface area contributed by atoms with Crippen LogP contribution in [-0.4, -0.2) is 26.7 Å². The van der Waals surface area contributed by atoms with E-state index < -0.39 is 10.1 Å². The summed E-state index contributed by atoms with van der Waals surface area (Å²) in [5.74, 6) is 0. The smallest absolute Gasteiger partial charge is 0.294 e. The molecule has 0 aliphatic heterocycles. The van der Waals surface area contributed by atoms with E-state index in [0.717, 1.165) is 18.4 Å². The van der Waals surface area contributed by atoms with E-state index in [1.807, 2.05) is 6.92 Å². The molecular weight excluding hydrogens is 240 g/mol. The molecule has 0 fully saturated rings. The second-order valence-corrected chi connectivity index (χ2v) is 5.43. The molecule has 0 saturated heterocycles. The number of ether oxygens (including phenoxy) is 1. The van der Waals surface area contributed by atoms with Gasteiger partial charge in [0.05, 0.1) is 4.90 Å². The third-order valence-corrected chi connectivity index (χ3v) is 3.49. The molecule has 0 bridgehead atoms. The minimum absolute atomic E-state index is 0.0144. The highest BCUT2D eigenvalue weighted by atomic mass is 32.2. The van der Waals surface area contributed by atoms with E-state index in [0.29, 0.717) is 18.6 Å². The van der Waals surface area contributed by atoms with Crippen molar-refractivity contribution in [2.45, 2.75) is 31.1 Å². The summed E-state index contributed by atoms with van der Waals surface area (Å²) in [5.41, 5.74) is 1.66. The molecule has 17 heavy (non-hydrogen) atoms. The summed E-state index contributed by atoms with van der Waals surface area (Å²) >= 11 is 0. The van der Waals surface area contributed by atoms with Gasteiger partial charge in [-0.1, -0.05) is 17.7 Å². The third kappa shape index (κ3) is 4.46. The van der Waals surface area contributed by atoms with Crippen LogP contribution in [0.3, 0.4) is 0 Å². The van der Waals surface area contributed by atoms with Gasteiger partial charge in [-0.25, -0.2) is 0 Å². The van der Waals surface area contributed by atoms with Crippen molar-refractivity contribution >= 4 is 10.1 Å². The van der Waals surface area contributed by atoms with Crippen molar-refractivity contribution in [1.82, 2.24) is 0 Å². The molecule has 0 radical (unpaired) electrons. The summed E-state index contributed by atoms with van der Waals surface area (Å²) in [5, 5.41) is 0. The topological polar surface area (TPSA) is 63.6 Å². The van der Waals surface area contributed by atoms with Crippen LogP contribution in [0.25, 0.3) is 0 Å². The number of hydrogen-bond acceptors (Lipinski definition) is 3. The van der Waals surface area contributed by atoms with Crippen LogP contribution in [0, 0.1) is 6.92 Å². The predicted molar refractivity (Wildman–Crippen MR) is 65.8 cm³/mol. The van der Waals surface area contributed by atoms with Gasteiger partial charge in [0.1, 0.15) is 0 Å². The Bertz CT molecular complexity index is 465. The molecule has 1 aromatic rings. The van der Waals surface area contributed by atoms with Gasteiger partial charge in [0.25, 0.3) is 10.1 Å². The lowest BCUT2D eigenvalue weighted by atomic mass is 10.1. The van der Waals surface area contributed by atoms with E-state index in [2.05, 4.69) is 0 Å². The van der Waals surface area contributed by atoms with Crippen LogP contribution >= 0.6 is 0 Å². The number of hydrogen-bond donors (Lipinski definition) is 1. The number of unbranched alkanes of at least 4 members (excludes halogenated alkanes) is 1. The lowest BCUT2D eigenvalue weighted by Gasteiger charge is -2.08. The fourth-order valence-corrected chi connectivity index (χ4v) is 2.45. The molecule has 0 heterocycles. The molecule has 0 spiro atoms. The lowest BCUT2D eigenvalue weighted by Crippen LogP contribution is -2.04. The van der Waals surface area contributed by atoms with Crippen LogP contribution in [0.2, 0.25) is 0 Å². The molecule has 0 amide bonds. The van der Waals surface area contributed by atoms with E-state index in [1.165, 1.54) is 6.07 Å². The first-order valence-corrected chi connectivity index (χ1v) is 6.95. The van der Waals surface area contributed by atoms with Gasteiger partial charge in [-0.3, -0.25) is 4.55 Å². The molecule has 96 valence electrons. The fourth-order valence-electron chi connectivity index (χ4n) is 1.72. The highest BCUT2D eigenvalue weighted by Crippen LogP contribution is 2.19. The Morgan fingerprint density at radius 1 is 1.29 bits per heavy atom. The van der Waals surface area contributed by atoms with Crippen molar-refractivity contribution in [3.8, 4) is 0 Å². The van der Waals surface area contributed by atoms with Crippen molar-refractivity contribution in [2.24, 2.45) is 0 Å².